The highest BCUT2D eigenvalue weighted by atomic mass is 16.2. The van der Waals surface area contributed by atoms with Crippen LogP contribution >= 0.6 is 0 Å². The minimum atomic E-state index is -0.357. The molecule has 8 heteroatoms. The van der Waals surface area contributed by atoms with Crippen molar-refractivity contribution in [1.29, 1.82) is 0 Å². The third kappa shape index (κ3) is 4.01. The number of benzene rings is 1. The molecular formula is C23H24N6O2. The van der Waals surface area contributed by atoms with E-state index in [1.165, 1.54) is 12.8 Å². The summed E-state index contributed by atoms with van der Waals surface area (Å²) < 4.78 is 1.80. The predicted octanol–water partition coefficient (Wildman–Crippen LogP) is 3.06. The number of amides is 2. The van der Waals surface area contributed by atoms with Crippen LogP contribution in [0.15, 0.2) is 42.1 Å². The average Bonchev–Trinajstić information content (AvgIpc) is 3.36. The Labute approximate surface area is 180 Å². The Morgan fingerprint density at radius 1 is 1.29 bits per heavy atom. The summed E-state index contributed by atoms with van der Waals surface area (Å²) in [6, 6.07) is 10.1. The number of nitrogens with one attached hydrogen (secondary N) is 2. The molecule has 1 saturated heterocycles. The van der Waals surface area contributed by atoms with Gasteiger partial charge in [-0.2, -0.15) is 9.61 Å². The number of hydrogen-bond donors (Lipinski definition) is 2. The van der Waals surface area contributed by atoms with Crippen molar-refractivity contribution in [2.24, 2.45) is 5.92 Å². The number of aryl methyl sites for hydroxylation is 1. The molecule has 2 N–H and O–H groups in total. The van der Waals surface area contributed by atoms with Crippen molar-refractivity contribution in [2.75, 3.05) is 23.8 Å². The average molecular weight is 416 g/mol. The van der Waals surface area contributed by atoms with Crippen LogP contribution in [0.3, 0.4) is 0 Å². The fourth-order valence-corrected chi connectivity index (χ4v) is 3.86. The Kier molecular flexibility index (Phi) is 4.69. The highest BCUT2D eigenvalue weighted by Gasteiger charge is 2.26. The lowest BCUT2D eigenvalue weighted by Gasteiger charge is -2.21. The number of hydrogen-bond acceptors (Lipinski definition) is 6. The lowest BCUT2D eigenvalue weighted by Crippen LogP contribution is -2.23. The van der Waals surface area contributed by atoms with Crippen molar-refractivity contribution in [3.8, 4) is 0 Å². The maximum Gasteiger partial charge on any atom is 0.254 e. The molecule has 158 valence electrons. The normalized spacial score (nSPS) is 17.4. The molecule has 0 unspecified atom stereocenters. The minimum Gasteiger partial charge on any atom is -0.359 e. The van der Waals surface area contributed by atoms with E-state index in [1.807, 2.05) is 31.2 Å². The first-order chi connectivity index (χ1) is 15.0. The van der Waals surface area contributed by atoms with Crippen LogP contribution < -0.4 is 15.5 Å². The van der Waals surface area contributed by atoms with E-state index in [0.717, 1.165) is 23.6 Å². The van der Waals surface area contributed by atoms with Gasteiger partial charge in [-0.25, -0.2) is 4.98 Å². The third-order valence-corrected chi connectivity index (χ3v) is 5.62. The van der Waals surface area contributed by atoms with Crippen LogP contribution in [0.2, 0.25) is 0 Å². The number of carbonyl (C=O) groups is 2. The van der Waals surface area contributed by atoms with Gasteiger partial charge in [0.2, 0.25) is 5.91 Å². The molecule has 0 bridgehead atoms. The topological polar surface area (TPSA) is 91.6 Å². The van der Waals surface area contributed by atoms with Crippen LogP contribution in [0.25, 0.3) is 11.7 Å². The molecule has 0 radical (unpaired) electrons. The van der Waals surface area contributed by atoms with Crippen molar-refractivity contribution >= 4 is 40.9 Å². The number of fused-ring (bicyclic) bond motifs is 1. The predicted molar refractivity (Wildman–Crippen MR) is 119 cm³/mol. The lowest BCUT2D eigenvalue weighted by molar-refractivity contribution is -0.124. The van der Waals surface area contributed by atoms with E-state index in [4.69, 9.17) is 4.98 Å². The number of anilines is 3. The summed E-state index contributed by atoms with van der Waals surface area (Å²) in [6.45, 7) is 3.00. The molecule has 0 atom stereocenters. The second-order valence-corrected chi connectivity index (χ2v) is 8.38. The standard InChI is InChI=1S/C23H24N6O2/c1-14-4-3-5-18(8-14)25-19-11-21(28(2)13-15-6-7-15)29-22(26-19)17(12-24-29)9-16-10-20(30)27-23(16)31/h3-5,8-9,11-12,15H,6-7,10,13H2,1-2H3,(H,25,26)(H,27,30,31). The molecule has 0 spiro atoms. The van der Waals surface area contributed by atoms with Crippen LogP contribution in [-0.2, 0) is 9.59 Å². The third-order valence-electron chi connectivity index (χ3n) is 5.62. The largest absolute Gasteiger partial charge is 0.359 e. The van der Waals surface area contributed by atoms with E-state index in [2.05, 4.69) is 33.7 Å². The molecule has 5 rings (SSSR count). The van der Waals surface area contributed by atoms with Gasteiger partial charge in [0.1, 0.15) is 11.6 Å². The molecule has 2 fully saturated rings. The zero-order valence-corrected chi connectivity index (χ0v) is 17.6. The molecule has 1 aliphatic heterocycles. The maximum absolute atomic E-state index is 12.0. The summed E-state index contributed by atoms with van der Waals surface area (Å²) in [5.41, 5.74) is 3.87. The molecule has 3 heterocycles. The van der Waals surface area contributed by atoms with Gasteiger partial charge < -0.3 is 10.2 Å². The smallest absolute Gasteiger partial charge is 0.254 e. The molecule has 2 aliphatic rings. The molecule has 2 amide bonds. The van der Waals surface area contributed by atoms with Crippen LogP contribution in [-0.4, -0.2) is 40.0 Å². The second-order valence-electron chi connectivity index (χ2n) is 8.38. The van der Waals surface area contributed by atoms with Crippen molar-refractivity contribution in [3.05, 3.63) is 53.2 Å². The second kappa shape index (κ2) is 7.54. The van der Waals surface area contributed by atoms with Gasteiger partial charge in [0, 0.05) is 36.5 Å². The molecule has 3 aromatic rings. The Balaban J connectivity index is 1.58. The molecule has 1 aliphatic carbocycles. The SMILES string of the molecule is Cc1cccc(Nc2cc(N(C)CC3CC3)n3ncc(C=C4CC(=O)NC4=O)c3n2)c1. The number of aromatic nitrogens is 3. The van der Waals surface area contributed by atoms with E-state index >= 15 is 0 Å². The number of rotatable bonds is 6. The Bertz CT molecular complexity index is 1220. The van der Waals surface area contributed by atoms with Gasteiger partial charge in [0.15, 0.2) is 5.65 Å². The molecule has 8 nitrogen and oxygen atoms in total. The van der Waals surface area contributed by atoms with Crippen molar-refractivity contribution in [2.45, 2.75) is 26.2 Å². The van der Waals surface area contributed by atoms with Crippen LogP contribution in [0, 0.1) is 12.8 Å². The highest BCUT2D eigenvalue weighted by Crippen LogP contribution is 2.32. The van der Waals surface area contributed by atoms with E-state index in [1.54, 1.807) is 16.8 Å². The summed E-state index contributed by atoms with van der Waals surface area (Å²) in [6.07, 6.45) is 5.98. The van der Waals surface area contributed by atoms with E-state index < -0.39 is 0 Å². The van der Waals surface area contributed by atoms with Crippen molar-refractivity contribution < 1.29 is 9.59 Å². The zero-order valence-electron chi connectivity index (χ0n) is 17.6. The minimum absolute atomic E-state index is 0.0752. The quantitative estimate of drug-likeness (QED) is 0.474. The van der Waals surface area contributed by atoms with Crippen LogP contribution in [0.4, 0.5) is 17.3 Å². The van der Waals surface area contributed by atoms with E-state index in [9.17, 15) is 9.59 Å². The van der Waals surface area contributed by atoms with Crippen molar-refractivity contribution in [3.63, 3.8) is 0 Å². The molecule has 2 aromatic heterocycles. The number of nitrogens with zero attached hydrogens (tertiary/aromatic N) is 4. The van der Waals surface area contributed by atoms with Gasteiger partial charge in [0.05, 0.1) is 12.6 Å². The Morgan fingerprint density at radius 2 is 2.13 bits per heavy atom. The highest BCUT2D eigenvalue weighted by molar-refractivity contribution is 6.15. The van der Waals surface area contributed by atoms with Gasteiger partial charge in [0.25, 0.3) is 5.91 Å². The maximum atomic E-state index is 12.0. The first-order valence-corrected chi connectivity index (χ1v) is 10.4. The number of carbonyl (C=O) groups excluding carboxylic acids is 2. The first kappa shape index (κ1) is 19.3. The van der Waals surface area contributed by atoms with Gasteiger partial charge in [-0.05, 0) is 49.5 Å². The monoisotopic (exact) mass is 416 g/mol. The summed E-state index contributed by atoms with van der Waals surface area (Å²) in [5, 5.41) is 10.3. The van der Waals surface area contributed by atoms with Crippen LogP contribution in [0.1, 0.15) is 30.4 Å². The van der Waals surface area contributed by atoms with E-state index in [0.29, 0.717) is 28.5 Å². The summed E-state index contributed by atoms with van der Waals surface area (Å²) in [5.74, 6) is 1.69. The molecule has 1 saturated carbocycles. The Hall–Kier alpha value is -3.68. The van der Waals surface area contributed by atoms with Gasteiger partial charge >= 0.3 is 0 Å². The van der Waals surface area contributed by atoms with Gasteiger partial charge in [-0.15, -0.1) is 0 Å². The first-order valence-electron chi connectivity index (χ1n) is 10.4. The summed E-state index contributed by atoms with van der Waals surface area (Å²) in [7, 11) is 2.06. The van der Waals surface area contributed by atoms with Crippen LogP contribution in [0.5, 0.6) is 0 Å². The molecular weight excluding hydrogens is 392 g/mol. The molecule has 31 heavy (non-hydrogen) atoms. The molecule has 1 aromatic carbocycles. The fourth-order valence-electron chi connectivity index (χ4n) is 3.86. The van der Waals surface area contributed by atoms with Crippen molar-refractivity contribution in [1.82, 2.24) is 19.9 Å². The lowest BCUT2D eigenvalue weighted by atomic mass is 10.1. The van der Waals surface area contributed by atoms with Gasteiger partial charge in [-0.1, -0.05) is 12.1 Å². The van der Waals surface area contributed by atoms with E-state index in [-0.39, 0.29) is 18.2 Å². The zero-order chi connectivity index (χ0) is 21.5. The van der Waals surface area contributed by atoms with Gasteiger partial charge in [-0.3, -0.25) is 14.9 Å². The summed E-state index contributed by atoms with van der Waals surface area (Å²) >= 11 is 0. The summed E-state index contributed by atoms with van der Waals surface area (Å²) in [4.78, 5) is 30.6. The number of imide groups is 1. The Morgan fingerprint density at radius 3 is 2.84 bits per heavy atom. The fraction of sp³-hybridized carbons (Fsp3) is 0.304.